The first-order chi connectivity index (χ1) is 26.6. The Kier molecular flexibility index (Phi) is 7.08. The molecule has 1 atom stereocenters. The van der Waals surface area contributed by atoms with Gasteiger partial charge in [0.15, 0.2) is 5.82 Å². The SMILES string of the molecule is N#Cc1cc(C#N)cc(-c2ccc3c(c2)C2(c4ccccc4Oc4ccc(-c5cc(-c6ccccc6)nc(-c6ccccc6)n5)cc42)c2ccccc2-3)c1. The minimum atomic E-state index is -0.745. The zero-order chi connectivity index (χ0) is 36.2. The van der Waals surface area contributed by atoms with Crippen LogP contribution in [0.25, 0.3) is 56.2 Å². The van der Waals surface area contributed by atoms with Crippen LogP contribution in [0.3, 0.4) is 0 Å². The molecular formula is C49H28N4O. The fourth-order valence-electron chi connectivity index (χ4n) is 8.23. The van der Waals surface area contributed by atoms with E-state index < -0.39 is 5.41 Å². The third kappa shape index (κ3) is 4.77. The summed E-state index contributed by atoms with van der Waals surface area (Å²) in [6, 6.07) is 61.9. The Bertz CT molecular complexity index is 2800. The van der Waals surface area contributed by atoms with E-state index in [9.17, 15) is 10.5 Å². The predicted octanol–water partition coefficient (Wildman–Crippen LogP) is 11.4. The van der Waals surface area contributed by atoms with E-state index in [-0.39, 0.29) is 0 Å². The molecule has 1 aliphatic heterocycles. The molecule has 2 aliphatic rings. The highest BCUT2D eigenvalue weighted by atomic mass is 16.5. The van der Waals surface area contributed by atoms with E-state index in [0.29, 0.717) is 17.0 Å². The van der Waals surface area contributed by atoms with Crippen molar-refractivity contribution in [1.29, 1.82) is 10.5 Å². The van der Waals surface area contributed by atoms with Gasteiger partial charge in [-0.15, -0.1) is 0 Å². The molecule has 0 fully saturated rings. The second-order valence-corrected chi connectivity index (χ2v) is 13.6. The van der Waals surface area contributed by atoms with Crippen molar-refractivity contribution in [1.82, 2.24) is 9.97 Å². The Hall–Kier alpha value is -7.60. The maximum Gasteiger partial charge on any atom is 0.160 e. The first-order valence-corrected chi connectivity index (χ1v) is 17.8. The van der Waals surface area contributed by atoms with Crippen molar-refractivity contribution < 1.29 is 4.74 Å². The number of hydrogen-bond donors (Lipinski definition) is 0. The van der Waals surface area contributed by atoms with Crippen LogP contribution in [0.1, 0.15) is 33.4 Å². The van der Waals surface area contributed by atoms with Crippen molar-refractivity contribution in [3.05, 3.63) is 203 Å². The van der Waals surface area contributed by atoms with Crippen LogP contribution in [0, 0.1) is 22.7 Å². The van der Waals surface area contributed by atoms with Crippen LogP contribution in [0.2, 0.25) is 0 Å². The molecule has 0 saturated heterocycles. The molecule has 2 heterocycles. The Morgan fingerprint density at radius 2 is 0.981 bits per heavy atom. The summed E-state index contributed by atoms with van der Waals surface area (Å²) in [6.07, 6.45) is 0. The van der Waals surface area contributed by atoms with Crippen molar-refractivity contribution >= 4 is 0 Å². The molecule has 1 aromatic heterocycles. The van der Waals surface area contributed by atoms with E-state index in [2.05, 4.69) is 103 Å². The largest absolute Gasteiger partial charge is 0.457 e. The quantitative estimate of drug-likeness (QED) is 0.184. The molecule has 1 spiro atoms. The summed E-state index contributed by atoms with van der Waals surface area (Å²) in [5, 5.41) is 19.6. The van der Waals surface area contributed by atoms with Crippen LogP contribution in [0.4, 0.5) is 0 Å². The number of rotatable bonds is 4. The van der Waals surface area contributed by atoms with Crippen LogP contribution in [-0.2, 0) is 5.41 Å². The van der Waals surface area contributed by atoms with Crippen molar-refractivity contribution in [2.24, 2.45) is 0 Å². The zero-order valence-electron chi connectivity index (χ0n) is 28.9. The van der Waals surface area contributed by atoms with Crippen molar-refractivity contribution in [2.45, 2.75) is 5.41 Å². The standard InChI is InChI=1S/C49H28N4O/c50-29-31-23-32(30-51)25-37(24-31)35-19-21-39-38-15-7-8-16-40(38)49(42(39)26-35)41-17-9-10-18-46(41)54-47-22-20-36(27-43(47)49)45-28-44(33-11-3-1-4-12-33)52-48(53-45)34-13-5-2-6-14-34/h1-28H. The van der Waals surface area contributed by atoms with Gasteiger partial charge >= 0.3 is 0 Å². The number of para-hydroxylation sites is 1. The fraction of sp³-hybridized carbons (Fsp3) is 0.0204. The topological polar surface area (TPSA) is 82.6 Å². The van der Waals surface area contributed by atoms with Crippen molar-refractivity contribution in [2.75, 3.05) is 0 Å². The highest BCUT2D eigenvalue weighted by Crippen LogP contribution is 2.62. The van der Waals surface area contributed by atoms with Gasteiger partial charge in [-0.1, -0.05) is 115 Å². The number of benzene rings is 7. The Labute approximate surface area is 312 Å². The average Bonchev–Trinajstić information content (AvgIpc) is 3.53. The van der Waals surface area contributed by atoms with Crippen LogP contribution in [0.5, 0.6) is 11.5 Å². The minimum absolute atomic E-state index is 0.448. The predicted molar refractivity (Wildman–Crippen MR) is 211 cm³/mol. The number of hydrogen-bond acceptors (Lipinski definition) is 5. The van der Waals surface area contributed by atoms with Crippen LogP contribution >= 0.6 is 0 Å². The van der Waals surface area contributed by atoms with E-state index in [4.69, 9.17) is 14.7 Å². The molecular weight excluding hydrogens is 661 g/mol. The van der Waals surface area contributed by atoms with E-state index in [1.54, 1.807) is 6.07 Å². The third-order valence-corrected chi connectivity index (χ3v) is 10.6. The fourth-order valence-corrected chi connectivity index (χ4v) is 8.23. The van der Waals surface area contributed by atoms with E-state index in [0.717, 1.165) is 84.1 Å². The molecule has 0 saturated carbocycles. The van der Waals surface area contributed by atoms with Gasteiger partial charge in [0, 0.05) is 27.8 Å². The maximum atomic E-state index is 9.82. The molecule has 10 rings (SSSR count). The molecule has 0 radical (unpaired) electrons. The molecule has 1 unspecified atom stereocenters. The molecule has 8 aromatic rings. The molecule has 0 N–H and O–H groups in total. The van der Waals surface area contributed by atoms with Gasteiger partial charge in [-0.2, -0.15) is 10.5 Å². The number of fused-ring (bicyclic) bond motifs is 9. The Morgan fingerprint density at radius 1 is 0.407 bits per heavy atom. The summed E-state index contributed by atoms with van der Waals surface area (Å²) in [5.41, 5.74) is 13.0. The summed E-state index contributed by atoms with van der Waals surface area (Å²) >= 11 is 0. The smallest absolute Gasteiger partial charge is 0.160 e. The van der Waals surface area contributed by atoms with Crippen LogP contribution in [-0.4, -0.2) is 9.97 Å². The zero-order valence-corrected chi connectivity index (χ0v) is 28.9. The minimum Gasteiger partial charge on any atom is -0.457 e. The molecule has 54 heavy (non-hydrogen) atoms. The molecule has 5 nitrogen and oxygen atoms in total. The van der Waals surface area contributed by atoms with Crippen molar-refractivity contribution in [3.8, 4) is 79.8 Å². The van der Waals surface area contributed by atoms with Gasteiger partial charge in [0.05, 0.1) is 40.1 Å². The molecule has 0 amide bonds. The van der Waals surface area contributed by atoms with Gasteiger partial charge < -0.3 is 4.74 Å². The summed E-state index contributed by atoms with van der Waals surface area (Å²) in [4.78, 5) is 10.2. The molecule has 7 aromatic carbocycles. The van der Waals surface area contributed by atoms with Gasteiger partial charge in [0.2, 0.25) is 0 Å². The molecule has 1 aliphatic carbocycles. The highest BCUT2D eigenvalue weighted by Gasteiger charge is 2.51. The van der Waals surface area contributed by atoms with Crippen molar-refractivity contribution in [3.63, 3.8) is 0 Å². The Balaban J connectivity index is 1.25. The lowest BCUT2D eigenvalue weighted by Crippen LogP contribution is -2.32. The van der Waals surface area contributed by atoms with Gasteiger partial charge in [0.1, 0.15) is 11.5 Å². The molecule has 5 heteroatoms. The molecule has 250 valence electrons. The number of nitriles is 2. The van der Waals surface area contributed by atoms with Crippen LogP contribution < -0.4 is 4.74 Å². The number of ether oxygens (including phenoxy) is 1. The summed E-state index contributed by atoms with van der Waals surface area (Å²) in [6.45, 7) is 0. The lowest BCUT2D eigenvalue weighted by atomic mass is 9.65. The number of nitrogens with zero attached hydrogens (tertiary/aromatic N) is 4. The summed E-state index contributed by atoms with van der Waals surface area (Å²) < 4.78 is 6.74. The second kappa shape index (κ2) is 12.3. The Morgan fingerprint density at radius 3 is 1.72 bits per heavy atom. The highest BCUT2D eigenvalue weighted by molar-refractivity contribution is 5.91. The van der Waals surface area contributed by atoms with Gasteiger partial charge in [-0.05, 0) is 88.0 Å². The van der Waals surface area contributed by atoms with E-state index in [1.165, 1.54) is 0 Å². The average molecular weight is 689 g/mol. The number of aromatic nitrogens is 2. The van der Waals surface area contributed by atoms with Gasteiger partial charge in [-0.3, -0.25) is 0 Å². The van der Waals surface area contributed by atoms with Gasteiger partial charge in [-0.25, -0.2) is 9.97 Å². The third-order valence-electron chi connectivity index (χ3n) is 10.6. The summed E-state index contributed by atoms with van der Waals surface area (Å²) in [5.74, 6) is 2.21. The van der Waals surface area contributed by atoms with Gasteiger partial charge in [0.25, 0.3) is 0 Å². The lowest BCUT2D eigenvalue weighted by Gasteiger charge is -2.39. The normalized spacial score (nSPS) is 14.5. The monoisotopic (exact) mass is 688 g/mol. The maximum absolute atomic E-state index is 9.82. The molecule has 0 bridgehead atoms. The van der Waals surface area contributed by atoms with E-state index >= 15 is 0 Å². The lowest BCUT2D eigenvalue weighted by molar-refractivity contribution is 0.436. The second-order valence-electron chi connectivity index (χ2n) is 13.6. The van der Waals surface area contributed by atoms with E-state index in [1.807, 2.05) is 72.8 Å². The first kappa shape index (κ1) is 31.2. The first-order valence-electron chi connectivity index (χ1n) is 17.8. The summed E-state index contributed by atoms with van der Waals surface area (Å²) in [7, 11) is 0. The van der Waals surface area contributed by atoms with Crippen LogP contribution in [0.15, 0.2) is 170 Å².